The average Bonchev–Trinajstić information content (AvgIpc) is 3.64. The zero-order chi connectivity index (χ0) is 42.3. The first-order valence-corrected chi connectivity index (χ1v) is 16.0. The van der Waals surface area contributed by atoms with Crippen LogP contribution in [0.3, 0.4) is 0 Å². The maximum absolute atomic E-state index is 13.7. The number of benzene rings is 4. The zero-order valence-corrected chi connectivity index (χ0v) is 28.1. The molecule has 0 bridgehead atoms. The van der Waals surface area contributed by atoms with Gasteiger partial charge in [-0.25, -0.2) is 9.97 Å². The van der Waals surface area contributed by atoms with Crippen LogP contribution in [0.4, 0.5) is 52.7 Å². The third kappa shape index (κ3) is 6.44. The summed E-state index contributed by atoms with van der Waals surface area (Å²) in [6.45, 7) is 0. The van der Waals surface area contributed by atoms with E-state index in [9.17, 15) is 73.7 Å². The van der Waals surface area contributed by atoms with Crippen LogP contribution in [0, 0.1) is 45.3 Å². The van der Waals surface area contributed by atoms with Crippen LogP contribution in [0.25, 0.3) is 55.9 Å². The van der Waals surface area contributed by atoms with E-state index in [-0.39, 0.29) is 79.4 Å². The van der Waals surface area contributed by atoms with Crippen LogP contribution in [-0.4, -0.2) is 9.97 Å². The summed E-state index contributed by atoms with van der Waals surface area (Å²) in [5.74, 6) is 0. The van der Waals surface area contributed by atoms with Gasteiger partial charge in [0.25, 0.3) is 0 Å². The van der Waals surface area contributed by atoms with Gasteiger partial charge in [-0.05, 0) is 81.9 Å². The molecule has 0 saturated heterocycles. The molecule has 0 spiro atoms. The molecule has 0 fully saturated rings. The van der Waals surface area contributed by atoms with Crippen LogP contribution in [0.2, 0.25) is 0 Å². The number of nitrogens with zero attached hydrogens (tertiary/aromatic N) is 6. The summed E-state index contributed by atoms with van der Waals surface area (Å²) in [7, 11) is 0. The maximum Gasteiger partial charge on any atom is 0.416 e. The predicted molar refractivity (Wildman–Crippen MR) is 178 cm³/mol. The molecule has 1 aromatic heterocycles. The van der Waals surface area contributed by atoms with E-state index in [1.54, 1.807) is 24.3 Å². The Kier molecular flexibility index (Phi) is 8.75. The molecule has 0 saturated carbocycles. The van der Waals surface area contributed by atoms with E-state index in [1.165, 1.54) is 12.1 Å². The average molecular weight is 805 g/mol. The smallest absolute Gasteiger partial charge is 0.243 e. The monoisotopic (exact) mass is 804 g/mol. The summed E-state index contributed by atoms with van der Waals surface area (Å²) in [5.41, 5.74) is -10.0. The Morgan fingerprint density at radius 3 is 0.914 bits per heavy atom. The highest BCUT2D eigenvalue weighted by atomic mass is 19.4. The Morgan fingerprint density at radius 1 is 0.362 bits per heavy atom. The highest BCUT2D eigenvalue weighted by molar-refractivity contribution is 6.07. The quantitative estimate of drug-likeness (QED) is 0.127. The lowest BCUT2D eigenvalue weighted by Gasteiger charge is -2.15. The number of hydrogen-bond donors (Lipinski definition) is 0. The van der Waals surface area contributed by atoms with Gasteiger partial charge in [-0.15, -0.1) is 0 Å². The molecular weight excluding hydrogens is 792 g/mol. The number of halogens is 12. The van der Waals surface area contributed by atoms with Crippen molar-refractivity contribution in [3.8, 4) is 69.0 Å². The number of rotatable bonds is 2. The van der Waals surface area contributed by atoms with E-state index in [0.717, 1.165) is 24.3 Å². The normalized spacial score (nSPS) is 13.0. The second-order valence-corrected chi connectivity index (χ2v) is 12.7. The summed E-state index contributed by atoms with van der Waals surface area (Å²) < 4.78 is 164. The van der Waals surface area contributed by atoms with Gasteiger partial charge in [-0.1, -0.05) is 24.3 Å². The fraction of sp³-hybridized carbons (Fsp3) is 0.100. The Hall–Kier alpha value is -7.44. The van der Waals surface area contributed by atoms with Gasteiger partial charge >= 0.3 is 24.7 Å². The van der Waals surface area contributed by atoms with Crippen molar-refractivity contribution in [2.24, 2.45) is 0 Å². The van der Waals surface area contributed by atoms with Crippen LogP contribution in [0.5, 0.6) is 0 Å². The Balaban J connectivity index is 1.45. The minimum atomic E-state index is -5.18. The minimum Gasteiger partial charge on any atom is -0.243 e. The van der Waals surface area contributed by atoms with Gasteiger partial charge in [-0.2, -0.15) is 73.7 Å². The van der Waals surface area contributed by atoms with Crippen LogP contribution >= 0.6 is 0 Å². The maximum atomic E-state index is 13.7. The first-order chi connectivity index (χ1) is 27.1. The van der Waals surface area contributed by atoms with Gasteiger partial charge in [0.2, 0.25) is 0 Å². The van der Waals surface area contributed by atoms with Crippen LogP contribution in [-0.2, 0) is 24.7 Å². The number of aromatic nitrogens is 2. The van der Waals surface area contributed by atoms with E-state index < -0.39 is 69.2 Å². The van der Waals surface area contributed by atoms with Gasteiger partial charge in [0.05, 0.1) is 33.6 Å². The summed E-state index contributed by atoms with van der Waals surface area (Å²) in [4.78, 5) is 9.22. The highest BCUT2D eigenvalue weighted by Crippen LogP contribution is 2.52. The summed E-state index contributed by atoms with van der Waals surface area (Å²) >= 11 is 0. The fourth-order valence-electron chi connectivity index (χ4n) is 6.71. The van der Waals surface area contributed by atoms with Gasteiger partial charge in [0.15, 0.2) is 0 Å². The van der Waals surface area contributed by atoms with Crippen molar-refractivity contribution in [1.82, 2.24) is 9.97 Å². The Morgan fingerprint density at radius 2 is 0.655 bits per heavy atom. The topological polar surface area (TPSA) is 121 Å². The number of nitriles is 4. The molecule has 7 rings (SSSR count). The zero-order valence-electron chi connectivity index (χ0n) is 28.1. The first-order valence-electron chi connectivity index (χ1n) is 16.0. The first kappa shape index (κ1) is 38.8. The molecule has 18 heteroatoms. The van der Waals surface area contributed by atoms with Gasteiger partial charge in [-0.3, -0.25) is 0 Å². The van der Waals surface area contributed by atoms with E-state index in [1.807, 2.05) is 0 Å². The molecule has 0 unspecified atom stereocenters. The van der Waals surface area contributed by atoms with Crippen molar-refractivity contribution in [1.29, 1.82) is 21.0 Å². The van der Waals surface area contributed by atoms with Crippen molar-refractivity contribution in [2.75, 3.05) is 0 Å². The minimum absolute atomic E-state index is 0.0489. The standard InChI is InChI=1S/C40H12F12N6/c41-37(42,43)23-5-19(6-24(11-23)38(44,45)46)17-1-3-27-29(9-17)31(21(13-53)14-54)35-33(27)57-36-32(22(15-55)16-56)30-10-18(2-4-28(30)34(36)58-35)20-7-25(39(47,48)49)12-26(8-20)40(50,51)52/h1-12H. The molecule has 0 aliphatic heterocycles. The molecule has 5 aromatic rings. The molecular formula is C40H12F12N6. The van der Waals surface area contributed by atoms with Crippen molar-refractivity contribution in [3.63, 3.8) is 0 Å². The Labute approximate surface area is 317 Å². The molecule has 0 atom stereocenters. The third-order valence-electron chi connectivity index (χ3n) is 9.25. The SMILES string of the molecule is N#CC(C#N)=C1c2cc(-c3cc(C(F)(F)F)cc(C(F)(F)F)c3)ccc2-c2nc3c(nc21)-c1ccc(-c2cc(C(F)(F)F)cc(C(F)(F)F)c2)cc1C3=C(C#N)C#N. The lowest BCUT2D eigenvalue weighted by molar-refractivity contribution is -0.144. The molecule has 2 aliphatic carbocycles. The molecule has 6 nitrogen and oxygen atoms in total. The largest absolute Gasteiger partial charge is 0.416 e. The summed E-state index contributed by atoms with van der Waals surface area (Å²) in [6, 6.07) is 15.6. The molecule has 2 aliphatic rings. The van der Waals surface area contributed by atoms with Crippen molar-refractivity contribution in [3.05, 3.63) is 129 Å². The lowest BCUT2D eigenvalue weighted by Crippen LogP contribution is -2.11. The second kappa shape index (κ2) is 13.1. The molecule has 1 heterocycles. The number of hydrogen-bond acceptors (Lipinski definition) is 6. The second-order valence-electron chi connectivity index (χ2n) is 12.7. The van der Waals surface area contributed by atoms with Crippen molar-refractivity contribution < 1.29 is 52.7 Å². The number of allylic oxidation sites excluding steroid dienone is 2. The van der Waals surface area contributed by atoms with E-state index in [0.29, 0.717) is 24.3 Å². The molecule has 0 radical (unpaired) electrons. The molecule has 58 heavy (non-hydrogen) atoms. The van der Waals surface area contributed by atoms with Gasteiger partial charge in [0.1, 0.15) is 46.8 Å². The lowest BCUT2D eigenvalue weighted by atomic mass is 9.94. The van der Waals surface area contributed by atoms with Crippen molar-refractivity contribution in [2.45, 2.75) is 24.7 Å². The van der Waals surface area contributed by atoms with Gasteiger partial charge < -0.3 is 0 Å². The number of alkyl halides is 12. The Bertz CT molecular complexity index is 2590. The van der Waals surface area contributed by atoms with Crippen molar-refractivity contribution >= 4 is 11.1 Å². The van der Waals surface area contributed by atoms with Crippen LogP contribution in [0.15, 0.2) is 83.9 Å². The highest BCUT2D eigenvalue weighted by Gasteiger charge is 2.40. The summed E-state index contributed by atoms with van der Waals surface area (Å²) in [5, 5.41) is 39.7. The fourth-order valence-corrected chi connectivity index (χ4v) is 6.71. The van der Waals surface area contributed by atoms with Crippen LogP contribution in [0.1, 0.15) is 44.8 Å². The van der Waals surface area contributed by atoms with Gasteiger partial charge in [0, 0.05) is 22.3 Å². The molecule has 4 aromatic carbocycles. The number of fused-ring (bicyclic) bond motifs is 6. The summed E-state index contributed by atoms with van der Waals surface area (Å²) in [6.07, 6.45) is -20.7. The van der Waals surface area contributed by atoms with Crippen LogP contribution < -0.4 is 0 Å². The predicted octanol–water partition coefficient (Wildman–Crippen LogP) is 11.5. The van der Waals surface area contributed by atoms with E-state index >= 15 is 0 Å². The molecule has 0 amide bonds. The third-order valence-corrected chi connectivity index (χ3v) is 9.25. The van der Waals surface area contributed by atoms with E-state index in [4.69, 9.17) is 0 Å². The molecule has 286 valence electrons. The molecule has 0 N–H and O–H groups in total. The van der Waals surface area contributed by atoms with E-state index in [2.05, 4.69) is 9.97 Å².